The van der Waals surface area contributed by atoms with E-state index in [1.54, 1.807) is 0 Å². The summed E-state index contributed by atoms with van der Waals surface area (Å²) in [5.41, 5.74) is 0. The van der Waals surface area contributed by atoms with Gasteiger partial charge in [-0.3, -0.25) is 4.79 Å². The van der Waals surface area contributed by atoms with Gasteiger partial charge < -0.3 is 15.0 Å². The van der Waals surface area contributed by atoms with E-state index < -0.39 is 35.9 Å². The molecule has 0 aliphatic carbocycles. The molecule has 0 aromatic carbocycles. The molecule has 10 heteroatoms. The van der Waals surface area contributed by atoms with E-state index in [4.69, 9.17) is 0 Å². The number of rotatable bonds is 6. The molecule has 0 saturated heterocycles. The Bertz CT molecular complexity index is 512. The van der Waals surface area contributed by atoms with Crippen molar-refractivity contribution in [2.24, 2.45) is 0 Å². The van der Waals surface area contributed by atoms with E-state index in [0.29, 0.717) is 4.90 Å². The molecule has 0 unspecified atom stereocenters. The zero-order valence-corrected chi connectivity index (χ0v) is 10.2. The Morgan fingerprint density at radius 1 is 1.60 bits per heavy atom. The van der Waals surface area contributed by atoms with Crippen molar-refractivity contribution in [3.05, 3.63) is 35.0 Å². The summed E-state index contributed by atoms with van der Waals surface area (Å²) >= 11 is 0. The molecule has 110 valence electrons. The highest BCUT2D eigenvalue weighted by molar-refractivity contribution is 5.76. The molecule has 0 aliphatic heterocycles. The Balaban J connectivity index is 2.74. The van der Waals surface area contributed by atoms with E-state index in [9.17, 15) is 28.1 Å². The van der Waals surface area contributed by atoms with Gasteiger partial charge in [0.1, 0.15) is 13.1 Å². The Labute approximate surface area is 111 Å². The molecule has 1 amide bonds. The average molecular weight is 292 g/mol. The standard InChI is InChI=1S/C10H11F3N4O3/c1-2-4-15(7-10(11,12)13)9(18)6-16-5-3-8(14-16)17(19)20/h2-3,5H,1,4,6-7H2. The van der Waals surface area contributed by atoms with E-state index in [2.05, 4.69) is 11.7 Å². The van der Waals surface area contributed by atoms with Crippen molar-refractivity contribution in [3.8, 4) is 0 Å². The summed E-state index contributed by atoms with van der Waals surface area (Å²) in [7, 11) is 0. The van der Waals surface area contributed by atoms with Crippen LogP contribution in [0.3, 0.4) is 0 Å². The first-order valence-electron chi connectivity index (χ1n) is 5.36. The number of halogens is 3. The smallest absolute Gasteiger partial charge is 0.358 e. The molecule has 0 spiro atoms. The van der Waals surface area contributed by atoms with Crippen molar-refractivity contribution in [2.45, 2.75) is 12.7 Å². The first kappa shape index (κ1) is 15.7. The van der Waals surface area contributed by atoms with Gasteiger partial charge in [-0.05, 0) is 4.92 Å². The molecule has 1 aromatic rings. The van der Waals surface area contributed by atoms with Gasteiger partial charge in [0.05, 0.1) is 17.4 Å². The van der Waals surface area contributed by atoms with Crippen LogP contribution in [0.2, 0.25) is 0 Å². The molecule has 0 saturated carbocycles. The summed E-state index contributed by atoms with van der Waals surface area (Å²) in [6.07, 6.45) is -2.22. The number of aromatic nitrogens is 2. The third kappa shape index (κ3) is 4.71. The van der Waals surface area contributed by atoms with Crippen LogP contribution in [0.25, 0.3) is 0 Å². The van der Waals surface area contributed by atoms with E-state index in [0.717, 1.165) is 23.0 Å². The van der Waals surface area contributed by atoms with Gasteiger partial charge in [-0.2, -0.15) is 17.9 Å². The van der Waals surface area contributed by atoms with E-state index >= 15 is 0 Å². The fraction of sp³-hybridized carbons (Fsp3) is 0.400. The summed E-state index contributed by atoms with van der Waals surface area (Å²) in [5, 5.41) is 13.8. The van der Waals surface area contributed by atoms with Gasteiger partial charge in [0.25, 0.3) is 0 Å². The number of hydrogen-bond acceptors (Lipinski definition) is 4. The minimum atomic E-state index is -4.53. The van der Waals surface area contributed by atoms with E-state index in [1.165, 1.54) is 0 Å². The van der Waals surface area contributed by atoms with Gasteiger partial charge in [0, 0.05) is 6.54 Å². The highest BCUT2D eigenvalue weighted by atomic mass is 19.4. The van der Waals surface area contributed by atoms with Gasteiger partial charge in [0.2, 0.25) is 5.91 Å². The third-order valence-corrected chi connectivity index (χ3v) is 2.18. The van der Waals surface area contributed by atoms with Gasteiger partial charge in [-0.25, -0.2) is 0 Å². The van der Waals surface area contributed by atoms with Crippen molar-refractivity contribution in [1.82, 2.24) is 14.7 Å². The lowest BCUT2D eigenvalue weighted by Gasteiger charge is -2.21. The second kappa shape index (κ2) is 6.17. The molecule has 20 heavy (non-hydrogen) atoms. The van der Waals surface area contributed by atoms with Crippen LogP contribution < -0.4 is 0 Å². The molecule has 0 bridgehead atoms. The second-order valence-corrected chi connectivity index (χ2v) is 3.81. The Morgan fingerprint density at radius 3 is 2.70 bits per heavy atom. The second-order valence-electron chi connectivity index (χ2n) is 3.81. The Morgan fingerprint density at radius 2 is 2.25 bits per heavy atom. The van der Waals surface area contributed by atoms with Crippen molar-refractivity contribution >= 4 is 11.7 Å². The highest BCUT2D eigenvalue weighted by Crippen LogP contribution is 2.17. The maximum atomic E-state index is 12.3. The van der Waals surface area contributed by atoms with Crippen LogP contribution >= 0.6 is 0 Å². The lowest BCUT2D eigenvalue weighted by Crippen LogP contribution is -2.40. The fourth-order valence-corrected chi connectivity index (χ4v) is 1.40. The van der Waals surface area contributed by atoms with Crippen LogP contribution in [0.4, 0.5) is 19.0 Å². The van der Waals surface area contributed by atoms with Gasteiger partial charge in [-0.15, -0.1) is 6.58 Å². The number of carbonyl (C=O) groups excluding carboxylic acids is 1. The number of nitrogens with zero attached hydrogens (tertiary/aromatic N) is 4. The largest absolute Gasteiger partial charge is 0.406 e. The first-order chi connectivity index (χ1) is 9.23. The maximum absolute atomic E-state index is 12.3. The Hall–Kier alpha value is -2.39. The third-order valence-electron chi connectivity index (χ3n) is 2.18. The van der Waals surface area contributed by atoms with Crippen LogP contribution in [-0.2, 0) is 11.3 Å². The molecule has 0 radical (unpaired) electrons. The Kier molecular flexibility index (Phi) is 4.83. The fourth-order valence-electron chi connectivity index (χ4n) is 1.40. The number of hydrogen-bond donors (Lipinski definition) is 0. The maximum Gasteiger partial charge on any atom is 0.406 e. The van der Waals surface area contributed by atoms with Crippen LogP contribution in [0.5, 0.6) is 0 Å². The molecule has 1 heterocycles. The topological polar surface area (TPSA) is 81.3 Å². The molecule has 1 rings (SSSR count). The summed E-state index contributed by atoms with van der Waals surface area (Å²) in [4.78, 5) is 21.9. The minimum Gasteiger partial charge on any atom is -0.358 e. The van der Waals surface area contributed by atoms with Crippen molar-refractivity contribution in [1.29, 1.82) is 0 Å². The quantitative estimate of drug-likeness (QED) is 0.450. The van der Waals surface area contributed by atoms with E-state index in [-0.39, 0.29) is 6.54 Å². The number of amides is 1. The van der Waals surface area contributed by atoms with Crippen LogP contribution in [-0.4, -0.2) is 44.8 Å². The average Bonchev–Trinajstić information content (AvgIpc) is 2.75. The number of nitro groups is 1. The molecule has 0 aliphatic rings. The minimum absolute atomic E-state index is 0.276. The number of alkyl halides is 3. The predicted octanol–water partition coefficient (Wildman–Crippen LogP) is 1.37. The van der Waals surface area contributed by atoms with Crippen LogP contribution in [0.1, 0.15) is 0 Å². The predicted molar refractivity (Wildman–Crippen MR) is 61.7 cm³/mol. The van der Waals surface area contributed by atoms with Crippen LogP contribution in [0.15, 0.2) is 24.9 Å². The van der Waals surface area contributed by atoms with Gasteiger partial charge in [-0.1, -0.05) is 6.08 Å². The SMILES string of the molecule is C=CCN(CC(F)(F)F)C(=O)Cn1ccc([N+](=O)[O-])n1. The summed E-state index contributed by atoms with van der Waals surface area (Å²) < 4.78 is 37.8. The molecule has 7 nitrogen and oxygen atoms in total. The summed E-state index contributed by atoms with van der Waals surface area (Å²) in [5.74, 6) is -1.34. The van der Waals surface area contributed by atoms with Gasteiger partial charge >= 0.3 is 12.0 Å². The van der Waals surface area contributed by atoms with Crippen LogP contribution in [0, 0.1) is 10.1 Å². The van der Waals surface area contributed by atoms with Gasteiger partial charge in [0.15, 0.2) is 0 Å². The molecule has 0 atom stereocenters. The zero-order chi connectivity index (χ0) is 15.3. The molecular weight excluding hydrogens is 281 g/mol. The molecule has 0 N–H and O–H groups in total. The number of carbonyl (C=O) groups is 1. The van der Waals surface area contributed by atoms with Crippen molar-refractivity contribution in [3.63, 3.8) is 0 Å². The van der Waals surface area contributed by atoms with Crippen molar-refractivity contribution < 1.29 is 22.9 Å². The lowest BCUT2D eigenvalue weighted by atomic mass is 10.4. The molecule has 0 fully saturated rings. The zero-order valence-electron chi connectivity index (χ0n) is 10.2. The lowest BCUT2D eigenvalue weighted by molar-refractivity contribution is -0.389. The first-order valence-corrected chi connectivity index (χ1v) is 5.36. The normalized spacial score (nSPS) is 11.2. The summed E-state index contributed by atoms with van der Waals surface area (Å²) in [6.45, 7) is 1.07. The monoisotopic (exact) mass is 292 g/mol. The van der Waals surface area contributed by atoms with Crippen molar-refractivity contribution in [2.75, 3.05) is 13.1 Å². The molecular formula is C10H11F3N4O3. The summed E-state index contributed by atoms with van der Waals surface area (Å²) in [6, 6.07) is 1.05. The molecule has 1 aromatic heterocycles. The highest BCUT2D eigenvalue weighted by Gasteiger charge is 2.32. The van der Waals surface area contributed by atoms with E-state index in [1.807, 2.05) is 0 Å².